The third kappa shape index (κ3) is 3.23. The first-order valence-electron chi connectivity index (χ1n) is 6.63. The summed E-state index contributed by atoms with van der Waals surface area (Å²) in [4.78, 5) is 0. The molecule has 0 heterocycles. The highest BCUT2D eigenvalue weighted by Crippen LogP contribution is 2.50. The molecule has 0 aliphatic heterocycles. The van der Waals surface area contributed by atoms with Crippen molar-refractivity contribution in [1.82, 2.24) is 0 Å². The summed E-state index contributed by atoms with van der Waals surface area (Å²) in [5.41, 5.74) is 1.05. The Morgan fingerprint density at radius 3 is 2.07 bits per heavy atom. The van der Waals surface area contributed by atoms with E-state index in [1.54, 1.807) is 0 Å². The summed E-state index contributed by atoms with van der Waals surface area (Å²) in [7, 11) is 0. The van der Waals surface area contributed by atoms with E-state index < -0.39 is 0 Å². The van der Waals surface area contributed by atoms with E-state index in [9.17, 15) is 0 Å². The maximum atomic E-state index is 2.45. The van der Waals surface area contributed by atoms with Gasteiger partial charge in [-0.2, -0.15) is 0 Å². The van der Waals surface area contributed by atoms with Crippen LogP contribution in [0.25, 0.3) is 0 Å². The summed E-state index contributed by atoms with van der Waals surface area (Å²) in [6.45, 7) is 17.0. The SMILES string of the molecule is CC(C)C1CCC(C)(C)CC1C(C)(C)C. The first kappa shape index (κ1) is 13.1. The van der Waals surface area contributed by atoms with Gasteiger partial charge in [-0.1, -0.05) is 48.5 Å². The van der Waals surface area contributed by atoms with Crippen LogP contribution in [0.4, 0.5) is 0 Å². The van der Waals surface area contributed by atoms with Gasteiger partial charge < -0.3 is 0 Å². The Morgan fingerprint density at radius 1 is 1.13 bits per heavy atom. The molecule has 0 saturated heterocycles. The Kier molecular flexibility index (Phi) is 3.58. The smallest absolute Gasteiger partial charge is 0.0329 e. The third-order valence-corrected chi connectivity index (χ3v) is 4.41. The molecule has 2 atom stereocenters. The summed E-state index contributed by atoms with van der Waals surface area (Å²) < 4.78 is 0. The molecule has 0 aromatic heterocycles. The van der Waals surface area contributed by atoms with Gasteiger partial charge in [0.05, 0.1) is 0 Å². The summed E-state index contributed by atoms with van der Waals surface area (Å²) in [5, 5.41) is 0. The van der Waals surface area contributed by atoms with Crippen molar-refractivity contribution in [2.75, 3.05) is 0 Å². The van der Waals surface area contributed by atoms with Crippen molar-refractivity contribution in [3.05, 3.63) is 0 Å². The third-order valence-electron chi connectivity index (χ3n) is 4.41. The normalized spacial score (nSPS) is 32.0. The lowest BCUT2D eigenvalue weighted by molar-refractivity contribution is 0.0178. The molecule has 0 amide bonds. The van der Waals surface area contributed by atoms with Crippen LogP contribution in [0.5, 0.6) is 0 Å². The summed E-state index contributed by atoms with van der Waals surface area (Å²) in [6, 6.07) is 0. The molecule has 1 aliphatic rings. The summed E-state index contributed by atoms with van der Waals surface area (Å²) >= 11 is 0. The largest absolute Gasteiger partial charge is 0.0625 e. The Balaban J connectivity index is 2.84. The first-order valence-corrected chi connectivity index (χ1v) is 6.63. The van der Waals surface area contributed by atoms with Crippen molar-refractivity contribution in [3.63, 3.8) is 0 Å². The number of hydrogen-bond acceptors (Lipinski definition) is 0. The maximum Gasteiger partial charge on any atom is -0.0329 e. The molecule has 1 fully saturated rings. The van der Waals surface area contributed by atoms with Crippen LogP contribution in [0.2, 0.25) is 0 Å². The molecule has 0 nitrogen and oxygen atoms in total. The van der Waals surface area contributed by atoms with E-state index in [0.717, 1.165) is 17.8 Å². The molecule has 1 rings (SSSR count). The molecule has 2 unspecified atom stereocenters. The molecule has 0 N–H and O–H groups in total. The minimum Gasteiger partial charge on any atom is -0.0625 e. The average molecular weight is 210 g/mol. The van der Waals surface area contributed by atoms with E-state index in [1.165, 1.54) is 19.3 Å². The highest BCUT2D eigenvalue weighted by atomic mass is 14.5. The molecule has 0 radical (unpaired) electrons. The van der Waals surface area contributed by atoms with Crippen LogP contribution in [0.1, 0.15) is 67.7 Å². The fourth-order valence-corrected chi connectivity index (χ4v) is 3.35. The van der Waals surface area contributed by atoms with Crippen molar-refractivity contribution in [2.24, 2.45) is 28.6 Å². The van der Waals surface area contributed by atoms with Crippen LogP contribution in [0, 0.1) is 28.6 Å². The topological polar surface area (TPSA) is 0 Å². The van der Waals surface area contributed by atoms with Crippen molar-refractivity contribution in [3.8, 4) is 0 Å². The Morgan fingerprint density at radius 2 is 1.67 bits per heavy atom. The quantitative estimate of drug-likeness (QED) is 0.563. The Hall–Kier alpha value is 0. The van der Waals surface area contributed by atoms with Crippen LogP contribution in [-0.2, 0) is 0 Å². The predicted molar refractivity (Wildman–Crippen MR) is 68.9 cm³/mol. The van der Waals surface area contributed by atoms with Crippen molar-refractivity contribution in [1.29, 1.82) is 0 Å². The minimum absolute atomic E-state index is 0.479. The lowest BCUT2D eigenvalue weighted by Gasteiger charge is -2.48. The van der Waals surface area contributed by atoms with Gasteiger partial charge in [0.1, 0.15) is 0 Å². The van der Waals surface area contributed by atoms with Gasteiger partial charge in [0.25, 0.3) is 0 Å². The second-order valence-electron chi connectivity index (χ2n) is 7.79. The van der Waals surface area contributed by atoms with E-state index in [4.69, 9.17) is 0 Å². The minimum atomic E-state index is 0.479. The second kappa shape index (κ2) is 4.11. The molecule has 1 aliphatic carbocycles. The maximum absolute atomic E-state index is 2.45. The van der Waals surface area contributed by atoms with E-state index in [1.807, 2.05) is 0 Å². The monoisotopic (exact) mass is 210 g/mol. The zero-order valence-electron chi connectivity index (χ0n) is 11.9. The first-order chi connectivity index (χ1) is 6.63. The molecule has 90 valence electrons. The molecule has 15 heavy (non-hydrogen) atoms. The van der Waals surface area contributed by atoms with Crippen molar-refractivity contribution >= 4 is 0 Å². The van der Waals surface area contributed by atoms with E-state index in [-0.39, 0.29) is 0 Å². The van der Waals surface area contributed by atoms with Gasteiger partial charge in [0.15, 0.2) is 0 Å². The Bertz CT molecular complexity index is 205. The number of hydrogen-bond donors (Lipinski definition) is 0. The van der Waals surface area contributed by atoms with E-state index >= 15 is 0 Å². The van der Waals surface area contributed by atoms with E-state index in [2.05, 4.69) is 48.5 Å². The fourth-order valence-electron chi connectivity index (χ4n) is 3.35. The zero-order valence-corrected chi connectivity index (χ0v) is 11.9. The average Bonchev–Trinajstić information content (AvgIpc) is 2.00. The molecule has 0 bridgehead atoms. The Labute approximate surface area is 96.8 Å². The van der Waals surface area contributed by atoms with Crippen molar-refractivity contribution in [2.45, 2.75) is 67.7 Å². The van der Waals surface area contributed by atoms with Gasteiger partial charge in [-0.3, -0.25) is 0 Å². The highest BCUT2D eigenvalue weighted by molar-refractivity contribution is 4.91. The van der Waals surface area contributed by atoms with Gasteiger partial charge >= 0.3 is 0 Å². The van der Waals surface area contributed by atoms with Crippen molar-refractivity contribution < 1.29 is 0 Å². The fraction of sp³-hybridized carbons (Fsp3) is 1.00. The molecular formula is C15H30. The molecular weight excluding hydrogens is 180 g/mol. The van der Waals surface area contributed by atoms with Crippen LogP contribution in [0.3, 0.4) is 0 Å². The van der Waals surface area contributed by atoms with Gasteiger partial charge in [-0.15, -0.1) is 0 Å². The summed E-state index contributed by atoms with van der Waals surface area (Å²) in [6.07, 6.45) is 4.27. The number of rotatable bonds is 1. The van der Waals surface area contributed by atoms with E-state index in [0.29, 0.717) is 10.8 Å². The zero-order chi connectivity index (χ0) is 11.9. The second-order valence-corrected chi connectivity index (χ2v) is 7.79. The molecule has 0 heteroatoms. The molecule has 0 aromatic rings. The van der Waals surface area contributed by atoms with Crippen LogP contribution in [-0.4, -0.2) is 0 Å². The standard InChI is InChI=1S/C15H30/c1-11(2)12-8-9-15(6,7)10-13(12)14(3,4)5/h11-13H,8-10H2,1-7H3. The predicted octanol–water partition coefficient (Wildman–Crippen LogP) is 5.13. The van der Waals surface area contributed by atoms with Crippen LogP contribution >= 0.6 is 0 Å². The molecule has 0 aromatic carbocycles. The molecule has 1 saturated carbocycles. The van der Waals surface area contributed by atoms with Gasteiger partial charge in [-0.05, 0) is 47.8 Å². The van der Waals surface area contributed by atoms with Crippen LogP contribution in [0.15, 0.2) is 0 Å². The summed E-state index contributed by atoms with van der Waals surface area (Å²) in [5.74, 6) is 2.70. The van der Waals surface area contributed by atoms with Gasteiger partial charge in [-0.25, -0.2) is 0 Å². The lowest BCUT2D eigenvalue weighted by Crippen LogP contribution is -2.39. The van der Waals surface area contributed by atoms with Gasteiger partial charge in [0, 0.05) is 0 Å². The molecule has 0 spiro atoms. The van der Waals surface area contributed by atoms with Crippen LogP contribution < -0.4 is 0 Å². The lowest BCUT2D eigenvalue weighted by atomic mass is 9.57. The van der Waals surface area contributed by atoms with Gasteiger partial charge in [0.2, 0.25) is 0 Å². The highest BCUT2D eigenvalue weighted by Gasteiger charge is 2.41.